The number of para-hydroxylation sites is 2. The molecule has 0 heterocycles. The fourth-order valence-corrected chi connectivity index (χ4v) is 1.64. The Morgan fingerprint density at radius 2 is 1.74 bits per heavy atom. The van der Waals surface area contributed by atoms with Crippen molar-refractivity contribution in [3.05, 3.63) is 24.3 Å². The molecule has 1 N–H and O–H groups in total. The summed E-state index contributed by atoms with van der Waals surface area (Å²) in [5.74, 6) is 1.47. The second-order valence-corrected chi connectivity index (χ2v) is 5.48. The highest BCUT2D eigenvalue weighted by Gasteiger charge is 2.17. The summed E-state index contributed by atoms with van der Waals surface area (Å²) in [6.45, 7) is 7.62. The lowest BCUT2D eigenvalue weighted by Crippen LogP contribution is -2.44. The topological polar surface area (TPSA) is 39.7 Å². The number of ether oxygens (including phenoxy) is 3. The molecule has 0 aliphatic carbocycles. The van der Waals surface area contributed by atoms with Gasteiger partial charge in [0.25, 0.3) is 0 Å². The molecule has 1 aromatic carbocycles. The van der Waals surface area contributed by atoms with Crippen LogP contribution >= 0.6 is 0 Å². The molecule has 0 aromatic heterocycles. The van der Waals surface area contributed by atoms with Crippen LogP contribution in [0.25, 0.3) is 0 Å². The van der Waals surface area contributed by atoms with E-state index in [-0.39, 0.29) is 11.6 Å². The Balaban J connectivity index is 2.66. The van der Waals surface area contributed by atoms with E-state index < -0.39 is 0 Å². The fourth-order valence-electron chi connectivity index (χ4n) is 1.64. The molecule has 0 fully saturated rings. The molecule has 0 saturated carbocycles. The van der Waals surface area contributed by atoms with E-state index in [1.807, 2.05) is 24.3 Å². The first-order valence-electron chi connectivity index (χ1n) is 6.50. The molecule has 0 spiro atoms. The predicted molar refractivity (Wildman–Crippen MR) is 77.0 cm³/mol. The van der Waals surface area contributed by atoms with E-state index in [2.05, 4.69) is 26.1 Å². The van der Waals surface area contributed by atoms with Crippen molar-refractivity contribution in [2.45, 2.75) is 32.4 Å². The molecule has 1 rings (SSSR count). The van der Waals surface area contributed by atoms with Gasteiger partial charge in [-0.1, -0.05) is 12.1 Å². The Bertz CT molecular complexity index is 374. The van der Waals surface area contributed by atoms with Crippen LogP contribution in [0.3, 0.4) is 0 Å². The summed E-state index contributed by atoms with van der Waals surface area (Å²) in [6.07, 6.45) is -0.0551. The summed E-state index contributed by atoms with van der Waals surface area (Å²) in [6, 6.07) is 7.64. The second kappa shape index (κ2) is 7.36. The van der Waals surface area contributed by atoms with Crippen LogP contribution in [0.1, 0.15) is 20.8 Å². The maximum Gasteiger partial charge on any atom is 0.161 e. The van der Waals surface area contributed by atoms with E-state index in [0.717, 1.165) is 18.0 Å². The molecule has 0 aliphatic heterocycles. The van der Waals surface area contributed by atoms with E-state index in [1.54, 1.807) is 14.2 Å². The van der Waals surface area contributed by atoms with Gasteiger partial charge in [-0.25, -0.2) is 0 Å². The Morgan fingerprint density at radius 1 is 1.11 bits per heavy atom. The number of benzene rings is 1. The average Bonchev–Trinajstić information content (AvgIpc) is 2.36. The van der Waals surface area contributed by atoms with Crippen LogP contribution in [0, 0.1) is 0 Å². The van der Waals surface area contributed by atoms with E-state index in [1.165, 1.54) is 0 Å². The van der Waals surface area contributed by atoms with Crippen molar-refractivity contribution in [3.63, 3.8) is 0 Å². The van der Waals surface area contributed by atoms with Gasteiger partial charge in [-0.05, 0) is 32.9 Å². The molecule has 1 unspecified atom stereocenters. The standard InChI is InChI=1S/C15H25NO3/c1-15(2,3)16-10-12(11-17-4)19-14-9-7-6-8-13(14)18-5/h6-9,12,16H,10-11H2,1-5H3. The lowest BCUT2D eigenvalue weighted by atomic mass is 10.1. The molecule has 0 saturated heterocycles. The smallest absolute Gasteiger partial charge is 0.161 e. The molecular weight excluding hydrogens is 242 g/mol. The first-order chi connectivity index (χ1) is 8.96. The molecular formula is C15H25NO3. The van der Waals surface area contributed by atoms with Crippen molar-refractivity contribution >= 4 is 0 Å². The van der Waals surface area contributed by atoms with Gasteiger partial charge in [-0.3, -0.25) is 0 Å². The van der Waals surface area contributed by atoms with Crippen LogP contribution < -0.4 is 14.8 Å². The van der Waals surface area contributed by atoms with Crippen LogP contribution in [0.2, 0.25) is 0 Å². The minimum Gasteiger partial charge on any atom is -0.493 e. The normalized spacial score (nSPS) is 13.1. The van der Waals surface area contributed by atoms with Gasteiger partial charge in [0, 0.05) is 19.2 Å². The van der Waals surface area contributed by atoms with E-state index in [9.17, 15) is 0 Å². The SMILES string of the molecule is COCC(CNC(C)(C)C)Oc1ccccc1OC. The predicted octanol–water partition coefficient (Wildman–Crippen LogP) is 2.48. The van der Waals surface area contributed by atoms with Crippen molar-refractivity contribution in [1.82, 2.24) is 5.32 Å². The van der Waals surface area contributed by atoms with Crippen LogP contribution in [-0.4, -0.2) is 39.0 Å². The summed E-state index contributed by atoms with van der Waals surface area (Å²) in [5, 5.41) is 3.42. The molecule has 0 amide bonds. The average molecular weight is 267 g/mol. The summed E-state index contributed by atoms with van der Waals surface area (Å²) in [7, 11) is 3.32. The summed E-state index contributed by atoms with van der Waals surface area (Å²) >= 11 is 0. The Morgan fingerprint density at radius 3 is 2.26 bits per heavy atom. The van der Waals surface area contributed by atoms with Gasteiger partial charge in [0.05, 0.1) is 13.7 Å². The zero-order chi connectivity index (χ0) is 14.3. The van der Waals surface area contributed by atoms with Gasteiger partial charge in [0.15, 0.2) is 11.5 Å². The number of nitrogens with one attached hydrogen (secondary N) is 1. The van der Waals surface area contributed by atoms with Gasteiger partial charge in [0.1, 0.15) is 6.10 Å². The van der Waals surface area contributed by atoms with Crippen LogP contribution in [-0.2, 0) is 4.74 Å². The third kappa shape index (κ3) is 5.94. The molecule has 4 heteroatoms. The van der Waals surface area contributed by atoms with E-state index in [0.29, 0.717) is 6.61 Å². The number of rotatable bonds is 7. The van der Waals surface area contributed by atoms with Gasteiger partial charge in [-0.2, -0.15) is 0 Å². The molecule has 1 aromatic rings. The van der Waals surface area contributed by atoms with Gasteiger partial charge in [-0.15, -0.1) is 0 Å². The highest BCUT2D eigenvalue weighted by molar-refractivity contribution is 5.39. The summed E-state index contributed by atoms with van der Waals surface area (Å²) in [4.78, 5) is 0. The quantitative estimate of drug-likeness (QED) is 0.824. The molecule has 1 atom stereocenters. The van der Waals surface area contributed by atoms with Crippen LogP contribution in [0.4, 0.5) is 0 Å². The molecule has 4 nitrogen and oxygen atoms in total. The maximum absolute atomic E-state index is 5.96. The minimum atomic E-state index is -0.0551. The molecule has 0 bridgehead atoms. The first-order valence-corrected chi connectivity index (χ1v) is 6.50. The van der Waals surface area contributed by atoms with Crippen LogP contribution in [0.15, 0.2) is 24.3 Å². The molecule has 108 valence electrons. The van der Waals surface area contributed by atoms with E-state index in [4.69, 9.17) is 14.2 Å². The van der Waals surface area contributed by atoms with Crippen LogP contribution in [0.5, 0.6) is 11.5 Å². The van der Waals surface area contributed by atoms with Crippen molar-refractivity contribution in [3.8, 4) is 11.5 Å². The highest BCUT2D eigenvalue weighted by atomic mass is 16.5. The Kier molecular flexibility index (Phi) is 6.12. The molecule has 0 radical (unpaired) electrons. The maximum atomic E-state index is 5.96. The third-order valence-corrected chi connectivity index (χ3v) is 2.58. The van der Waals surface area contributed by atoms with Gasteiger partial charge < -0.3 is 19.5 Å². The molecule has 0 aliphatic rings. The van der Waals surface area contributed by atoms with Crippen molar-refractivity contribution in [2.75, 3.05) is 27.4 Å². The Labute approximate surface area is 116 Å². The van der Waals surface area contributed by atoms with Crippen molar-refractivity contribution < 1.29 is 14.2 Å². The second-order valence-electron chi connectivity index (χ2n) is 5.48. The highest BCUT2D eigenvalue weighted by Crippen LogP contribution is 2.26. The largest absolute Gasteiger partial charge is 0.493 e. The third-order valence-electron chi connectivity index (χ3n) is 2.58. The van der Waals surface area contributed by atoms with Gasteiger partial charge >= 0.3 is 0 Å². The zero-order valence-corrected chi connectivity index (χ0v) is 12.5. The number of methoxy groups -OCH3 is 2. The lowest BCUT2D eigenvalue weighted by molar-refractivity contribution is 0.0746. The minimum absolute atomic E-state index is 0.0517. The molecule has 19 heavy (non-hydrogen) atoms. The van der Waals surface area contributed by atoms with E-state index >= 15 is 0 Å². The lowest BCUT2D eigenvalue weighted by Gasteiger charge is -2.26. The first kappa shape index (κ1) is 15.8. The summed E-state index contributed by atoms with van der Waals surface area (Å²) in [5.41, 5.74) is 0.0517. The Hall–Kier alpha value is -1.26. The monoisotopic (exact) mass is 267 g/mol. The van der Waals surface area contributed by atoms with Gasteiger partial charge in [0.2, 0.25) is 0 Å². The zero-order valence-electron chi connectivity index (χ0n) is 12.5. The van der Waals surface area contributed by atoms with Crippen molar-refractivity contribution in [1.29, 1.82) is 0 Å². The summed E-state index contributed by atoms with van der Waals surface area (Å²) < 4.78 is 16.5. The number of hydrogen-bond acceptors (Lipinski definition) is 4. The number of hydrogen-bond donors (Lipinski definition) is 1. The fraction of sp³-hybridized carbons (Fsp3) is 0.600. The van der Waals surface area contributed by atoms with Crippen molar-refractivity contribution in [2.24, 2.45) is 0 Å².